The topological polar surface area (TPSA) is 29.1 Å². The van der Waals surface area contributed by atoms with Crippen LogP contribution in [0.15, 0.2) is 18.2 Å². The van der Waals surface area contributed by atoms with Gasteiger partial charge in [0.25, 0.3) is 0 Å². The number of carbonyl (C=O) groups excluding carboxylic acids is 1. The van der Waals surface area contributed by atoms with Crippen LogP contribution < -0.4 is 5.32 Å². The second-order valence-electron chi connectivity index (χ2n) is 4.89. The molecule has 0 saturated heterocycles. The summed E-state index contributed by atoms with van der Waals surface area (Å²) >= 11 is 0. The molecule has 17 heavy (non-hydrogen) atoms. The molecule has 92 valence electrons. The molecular formula is C14H18FNO. The molecule has 0 bridgehead atoms. The lowest BCUT2D eigenvalue weighted by Gasteiger charge is -2.10. The van der Waals surface area contributed by atoms with Gasteiger partial charge >= 0.3 is 0 Å². The van der Waals surface area contributed by atoms with Crippen LogP contribution in [0.3, 0.4) is 0 Å². The van der Waals surface area contributed by atoms with Crippen LogP contribution in [0.4, 0.5) is 10.1 Å². The van der Waals surface area contributed by atoms with E-state index in [1.165, 1.54) is 18.9 Å². The number of nitrogens with one attached hydrogen (secondary N) is 1. The molecule has 0 atom stereocenters. The van der Waals surface area contributed by atoms with E-state index in [0.29, 0.717) is 18.0 Å². The predicted molar refractivity (Wildman–Crippen MR) is 66.3 cm³/mol. The summed E-state index contributed by atoms with van der Waals surface area (Å²) in [6.07, 6.45) is 5.22. The normalized spacial score (nSPS) is 16.1. The average Bonchev–Trinajstić information content (AvgIpc) is 2.76. The quantitative estimate of drug-likeness (QED) is 0.851. The van der Waals surface area contributed by atoms with E-state index in [-0.39, 0.29) is 11.7 Å². The van der Waals surface area contributed by atoms with Gasteiger partial charge in [0.2, 0.25) is 5.91 Å². The Hall–Kier alpha value is -1.38. The summed E-state index contributed by atoms with van der Waals surface area (Å²) in [7, 11) is 0. The van der Waals surface area contributed by atoms with E-state index in [2.05, 4.69) is 5.32 Å². The fourth-order valence-electron chi connectivity index (χ4n) is 2.41. The maximum Gasteiger partial charge on any atom is 0.224 e. The highest BCUT2D eigenvalue weighted by Gasteiger charge is 2.18. The van der Waals surface area contributed by atoms with Crippen molar-refractivity contribution in [2.75, 3.05) is 5.32 Å². The molecule has 2 nitrogen and oxygen atoms in total. The summed E-state index contributed by atoms with van der Waals surface area (Å²) in [6, 6.07) is 4.75. The molecule has 1 amide bonds. The van der Waals surface area contributed by atoms with E-state index >= 15 is 0 Å². The summed E-state index contributed by atoms with van der Waals surface area (Å²) < 4.78 is 13.4. The molecule has 1 aliphatic rings. The van der Waals surface area contributed by atoms with Crippen LogP contribution in [0.2, 0.25) is 0 Å². The fraction of sp³-hybridized carbons (Fsp3) is 0.500. The average molecular weight is 235 g/mol. The molecule has 0 radical (unpaired) electrons. The maximum absolute atomic E-state index is 13.4. The van der Waals surface area contributed by atoms with Gasteiger partial charge in [-0.05, 0) is 43.4 Å². The highest BCUT2D eigenvalue weighted by molar-refractivity contribution is 5.91. The molecule has 0 unspecified atom stereocenters. The lowest BCUT2D eigenvalue weighted by Crippen LogP contribution is -2.16. The maximum atomic E-state index is 13.4. The van der Waals surface area contributed by atoms with E-state index in [4.69, 9.17) is 0 Å². The Morgan fingerprint density at radius 1 is 1.41 bits per heavy atom. The van der Waals surface area contributed by atoms with E-state index in [9.17, 15) is 9.18 Å². The number of rotatable bonds is 3. The minimum absolute atomic E-state index is 0.0681. The summed E-state index contributed by atoms with van der Waals surface area (Å²) in [6.45, 7) is 1.88. The zero-order valence-electron chi connectivity index (χ0n) is 10.1. The van der Waals surface area contributed by atoms with Crippen LogP contribution >= 0.6 is 0 Å². The molecule has 3 heteroatoms. The molecule has 1 saturated carbocycles. The predicted octanol–water partition coefficient (Wildman–Crippen LogP) is 3.65. The van der Waals surface area contributed by atoms with Crippen LogP contribution in [0, 0.1) is 18.7 Å². The number of amides is 1. The second kappa shape index (κ2) is 5.30. The van der Waals surface area contributed by atoms with Crippen molar-refractivity contribution in [2.45, 2.75) is 39.0 Å². The van der Waals surface area contributed by atoms with Gasteiger partial charge in [-0.2, -0.15) is 0 Å². The Labute approximate surface area is 101 Å². The highest BCUT2D eigenvalue weighted by atomic mass is 19.1. The third-order valence-corrected chi connectivity index (χ3v) is 3.34. The Morgan fingerprint density at radius 2 is 2.12 bits per heavy atom. The largest absolute Gasteiger partial charge is 0.324 e. The van der Waals surface area contributed by atoms with Crippen molar-refractivity contribution in [1.82, 2.24) is 0 Å². The summed E-state index contributed by atoms with van der Waals surface area (Å²) in [4.78, 5) is 11.8. The van der Waals surface area contributed by atoms with Gasteiger partial charge in [0.15, 0.2) is 0 Å². The van der Waals surface area contributed by atoms with Crippen molar-refractivity contribution in [3.05, 3.63) is 29.6 Å². The van der Waals surface area contributed by atoms with Crippen LogP contribution in [0.25, 0.3) is 0 Å². The highest BCUT2D eigenvalue weighted by Crippen LogP contribution is 2.28. The minimum atomic E-state index is -0.365. The molecule has 1 N–H and O–H groups in total. The van der Waals surface area contributed by atoms with E-state index < -0.39 is 0 Å². The molecule has 2 rings (SSSR count). The zero-order chi connectivity index (χ0) is 12.3. The van der Waals surface area contributed by atoms with Crippen molar-refractivity contribution in [3.8, 4) is 0 Å². The van der Waals surface area contributed by atoms with Crippen LogP contribution in [0.5, 0.6) is 0 Å². The molecule has 1 aromatic rings. The lowest BCUT2D eigenvalue weighted by molar-refractivity contribution is -0.117. The van der Waals surface area contributed by atoms with Gasteiger partial charge in [-0.25, -0.2) is 4.39 Å². The molecule has 0 spiro atoms. The summed E-state index contributed by atoms with van der Waals surface area (Å²) in [5, 5.41) is 2.66. The molecule has 0 heterocycles. The van der Waals surface area contributed by atoms with Crippen molar-refractivity contribution >= 4 is 11.6 Å². The molecule has 1 aliphatic carbocycles. The number of halogens is 1. The zero-order valence-corrected chi connectivity index (χ0v) is 10.1. The molecular weight excluding hydrogens is 217 g/mol. The van der Waals surface area contributed by atoms with Gasteiger partial charge in [0.1, 0.15) is 5.82 Å². The van der Waals surface area contributed by atoms with Crippen molar-refractivity contribution < 1.29 is 9.18 Å². The standard InChI is InChI=1S/C14H18FNO/c1-10-6-7-12(15)13(8-10)16-14(17)9-11-4-2-3-5-11/h6-8,11H,2-5,9H2,1H3,(H,16,17). The number of aryl methyl sites for hydroxylation is 1. The number of anilines is 1. The first-order valence-corrected chi connectivity index (χ1v) is 6.21. The third-order valence-electron chi connectivity index (χ3n) is 3.34. The second-order valence-corrected chi connectivity index (χ2v) is 4.89. The summed E-state index contributed by atoms with van der Waals surface area (Å²) in [5.74, 6) is 0.0552. The molecule has 1 aromatic carbocycles. The number of carbonyl (C=O) groups is 1. The Kier molecular flexibility index (Phi) is 3.77. The SMILES string of the molecule is Cc1ccc(F)c(NC(=O)CC2CCCC2)c1. The van der Waals surface area contributed by atoms with E-state index in [0.717, 1.165) is 18.4 Å². The van der Waals surface area contributed by atoms with Crippen LogP contribution in [-0.4, -0.2) is 5.91 Å². The number of hydrogen-bond donors (Lipinski definition) is 1. The third kappa shape index (κ3) is 3.29. The van der Waals surface area contributed by atoms with E-state index in [1.807, 2.05) is 6.92 Å². The number of hydrogen-bond acceptors (Lipinski definition) is 1. The van der Waals surface area contributed by atoms with Gasteiger partial charge in [0.05, 0.1) is 5.69 Å². The minimum Gasteiger partial charge on any atom is -0.324 e. The van der Waals surface area contributed by atoms with Gasteiger partial charge in [-0.3, -0.25) is 4.79 Å². The van der Waals surface area contributed by atoms with Crippen LogP contribution in [0.1, 0.15) is 37.7 Å². The van der Waals surface area contributed by atoms with Crippen LogP contribution in [-0.2, 0) is 4.79 Å². The van der Waals surface area contributed by atoms with Crippen molar-refractivity contribution in [1.29, 1.82) is 0 Å². The van der Waals surface area contributed by atoms with Gasteiger partial charge < -0.3 is 5.32 Å². The fourth-order valence-corrected chi connectivity index (χ4v) is 2.41. The first-order chi connectivity index (χ1) is 8.15. The Balaban J connectivity index is 1.95. The number of benzene rings is 1. The molecule has 0 aliphatic heterocycles. The lowest BCUT2D eigenvalue weighted by atomic mass is 10.0. The monoisotopic (exact) mass is 235 g/mol. The Bertz CT molecular complexity index is 411. The van der Waals surface area contributed by atoms with Gasteiger partial charge in [-0.1, -0.05) is 18.9 Å². The first-order valence-electron chi connectivity index (χ1n) is 6.21. The molecule has 0 aromatic heterocycles. The van der Waals surface area contributed by atoms with Crippen molar-refractivity contribution in [2.24, 2.45) is 5.92 Å². The van der Waals surface area contributed by atoms with E-state index in [1.54, 1.807) is 12.1 Å². The first kappa shape index (κ1) is 12.1. The van der Waals surface area contributed by atoms with Crippen molar-refractivity contribution in [3.63, 3.8) is 0 Å². The van der Waals surface area contributed by atoms with Gasteiger partial charge in [-0.15, -0.1) is 0 Å². The molecule has 1 fully saturated rings. The Morgan fingerprint density at radius 3 is 2.82 bits per heavy atom. The van der Waals surface area contributed by atoms with Gasteiger partial charge in [0, 0.05) is 6.42 Å². The smallest absolute Gasteiger partial charge is 0.224 e. The summed E-state index contributed by atoms with van der Waals surface area (Å²) in [5.41, 5.74) is 1.25.